The van der Waals surface area contributed by atoms with Crippen LogP contribution in [0.5, 0.6) is 0 Å². The molecule has 0 aromatic heterocycles. The van der Waals surface area contributed by atoms with Crippen LogP contribution in [0, 0.1) is 0 Å². The summed E-state index contributed by atoms with van der Waals surface area (Å²) in [7, 11) is 1.50. The molecule has 21 heavy (non-hydrogen) atoms. The Labute approximate surface area is 129 Å². The van der Waals surface area contributed by atoms with Crippen LogP contribution >= 0.6 is 11.8 Å². The molecule has 0 saturated carbocycles. The molecule has 2 heterocycles. The number of amides is 1. The second-order valence-electron chi connectivity index (χ2n) is 6.10. The molecule has 6 nitrogen and oxygen atoms in total. The van der Waals surface area contributed by atoms with Crippen LogP contribution in [0.1, 0.15) is 40.0 Å². The number of carboxylic acid groups (broad SMARTS) is 1. The fourth-order valence-electron chi connectivity index (χ4n) is 3.10. The largest absolute Gasteiger partial charge is 0.480 e. The van der Waals surface area contributed by atoms with Crippen molar-refractivity contribution in [1.82, 2.24) is 10.2 Å². The van der Waals surface area contributed by atoms with Crippen molar-refractivity contribution >= 4 is 23.6 Å². The summed E-state index contributed by atoms with van der Waals surface area (Å²) in [4.78, 5) is 25.5. The van der Waals surface area contributed by atoms with Crippen LogP contribution in [0.15, 0.2) is 0 Å². The number of nitrogens with zero attached hydrogens (tertiary/aromatic N) is 1. The quantitative estimate of drug-likeness (QED) is 0.418. The van der Waals surface area contributed by atoms with E-state index in [1.54, 1.807) is 0 Å². The lowest BCUT2D eigenvalue weighted by atomic mass is 9.93. The summed E-state index contributed by atoms with van der Waals surface area (Å²) in [5, 5.41) is 12.3. The number of nitrogens with one attached hydrogen (secondary N) is 1. The third-order valence-corrected chi connectivity index (χ3v) is 5.84. The standard InChI is InChI=1S/C14H24N2O4S/c1-5-6-7-8-15-14(20-4)11(19)16-9(10(17)18)13(2,3)21-12(14)16/h9,12,15H,5-8H2,1-4H3,(H,17,18)/t9-,12+,14+/m0/s1. The minimum atomic E-state index is -1.07. The lowest BCUT2D eigenvalue weighted by Crippen LogP contribution is -2.79. The Morgan fingerprint density at radius 2 is 2.14 bits per heavy atom. The average Bonchev–Trinajstić information content (AvgIpc) is 2.68. The molecule has 2 saturated heterocycles. The Hall–Kier alpha value is -0.790. The van der Waals surface area contributed by atoms with Crippen molar-refractivity contribution in [2.75, 3.05) is 13.7 Å². The van der Waals surface area contributed by atoms with Crippen LogP contribution in [0.2, 0.25) is 0 Å². The average molecular weight is 316 g/mol. The van der Waals surface area contributed by atoms with Gasteiger partial charge in [0.25, 0.3) is 5.91 Å². The molecule has 0 radical (unpaired) electrons. The maximum atomic E-state index is 12.5. The van der Waals surface area contributed by atoms with Gasteiger partial charge in [-0.2, -0.15) is 0 Å². The van der Waals surface area contributed by atoms with Crippen LogP contribution < -0.4 is 5.32 Å². The van der Waals surface area contributed by atoms with Crippen molar-refractivity contribution in [2.24, 2.45) is 0 Å². The predicted molar refractivity (Wildman–Crippen MR) is 81.0 cm³/mol. The molecule has 2 aliphatic rings. The van der Waals surface area contributed by atoms with Crippen molar-refractivity contribution in [2.45, 2.75) is 61.9 Å². The zero-order chi connectivity index (χ0) is 15.8. The Balaban J connectivity index is 2.14. The molecule has 1 amide bonds. The van der Waals surface area contributed by atoms with Crippen molar-refractivity contribution in [3.05, 3.63) is 0 Å². The number of methoxy groups -OCH3 is 1. The zero-order valence-electron chi connectivity index (χ0n) is 13.0. The summed E-state index contributed by atoms with van der Waals surface area (Å²) >= 11 is 1.49. The highest BCUT2D eigenvalue weighted by molar-refractivity contribution is 8.01. The molecule has 0 aromatic carbocycles. The molecular weight excluding hydrogens is 292 g/mol. The molecule has 2 rings (SSSR count). The van der Waals surface area contributed by atoms with Crippen molar-refractivity contribution < 1.29 is 19.4 Å². The van der Waals surface area contributed by atoms with Crippen LogP contribution in [-0.2, 0) is 14.3 Å². The normalized spacial score (nSPS) is 33.7. The highest BCUT2D eigenvalue weighted by Gasteiger charge is 2.72. The number of thioether (sulfide) groups is 1. The second kappa shape index (κ2) is 5.78. The molecule has 0 bridgehead atoms. The molecule has 2 aliphatic heterocycles. The van der Waals surface area contributed by atoms with E-state index in [4.69, 9.17) is 4.74 Å². The molecule has 0 unspecified atom stereocenters. The van der Waals surface area contributed by atoms with Crippen LogP contribution in [0.25, 0.3) is 0 Å². The number of carbonyl (C=O) groups is 2. The first-order chi connectivity index (χ1) is 9.81. The lowest BCUT2D eigenvalue weighted by molar-refractivity contribution is -0.200. The monoisotopic (exact) mass is 316 g/mol. The fourth-order valence-corrected chi connectivity index (χ4v) is 4.80. The van der Waals surface area contributed by atoms with E-state index in [-0.39, 0.29) is 11.3 Å². The molecule has 0 aliphatic carbocycles. The van der Waals surface area contributed by atoms with E-state index in [2.05, 4.69) is 12.2 Å². The summed E-state index contributed by atoms with van der Waals surface area (Å²) in [6.07, 6.45) is 3.16. The van der Waals surface area contributed by atoms with Gasteiger partial charge in [0.2, 0.25) is 5.72 Å². The minimum absolute atomic E-state index is 0.267. The molecule has 0 aromatic rings. The third-order valence-electron chi connectivity index (χ3n) is 4.23. The van der Waals surface area contributed by atoms with E-state index < -0.39 is 22.5 Å². The summed E-state index contributed by atoms with van der Waals surface area (Å²) in [6.45, 7) is 6.53. The van der Waals surface area contributed by atoms with E-state index >= 15 is 0 Å². The number of fused-ring (bicyclic) bond motifs is 1. The smallest absolute Gasteiger partial charge is 0.327 e. The summed E-state index contributed by atoms with van der Waals surface area (Å²) in [5.74, 6) is -1.23. The highest BCUT2D eigenvalue weighted by atomic mass is 32.2. The van der Waals surface area contributed by atoms with Crippen molar-refractivity contribution in [1.29, 1.82) is 0 Å². The Kier molecular flexibility index (Phi) is 4.56. The summed E-state index contributed by atoms with van der Waals surface area (Å²) in [6, 6.07) is -0.805. The number of carboxylic acids is 1. The van der Waals surface area contributed by atoms with Gasteiger partial charge < -0.3 is 14.7 Å². The van der Waals surface area contributed by atoms with E-state index in [9.17, 15) is 14.7 Å². The topological polar surface area (TPSA) is 78.9 Å². The van der Waals surface area contributed by atoms with Gasteiger partial charge in [0.15, 0.2) is 0 Å². The van der Waals surface area contributed by atoms with Crippen molar-refractivity contribution in [3.63, 3.8) is 0 Å². The number of hydrogen-bond donors (Lipinski definition) is 2. The number of aliphatic carboxylic acids is 1. The van der Waals surface area contributed by atoms with Crippen LogP contribution in [0.4, 0.5) is 0 Å². The summed E-state index contributed by atoms with van der Waals surface area (Å²) < 4.78 is 4.96. The zero-order valence-corrected chi connectivity index (χ0v) is 13.8. The first-order valence-electron chi connectivity index (χ1n) is 7.35. The number of rotatable bonds is 7. The molecule has 3 atom stereocenters. The summed E-state index contributed by atoms with van der Waals surface area (Å²) in [5.41, 5.74) is -1.07. The van der Waals surface area contributed by atoms with Gasteiger partial charge in [-0.3, -0.25) is 10.1 Å². The van der Waals surface area contributed by atoms with Crippen LogP contribution in [0.3, 0.4) is 0 Å². The van der Waals surface area contributed by atoms with Gasteiger partial charge >= 0.3 is 5.97 Å². The Morgan fingerprint density at radius 3 is 2.67 bits per heavy atom. The van der Waals surface area contributed by atoms with E-state index in [1.165, 1.54) is 23.8 Å². The van der Waals surface area contributed by atoms with Gasteiger partial charge in [0.05, 0.1) is 0 Å². The van der Waals surface area contributed by atoms with E-state index in [0.717, 1.165) is 19.3 Å². The number of β-lactam (4-membered cyclic amide) rings is 1. The second-order valence-corrected chi connectivity index (χ2v) is 7.83. The van der Waals surface area contributed by atoms with Gasteiger partial charge in [-0.15, -0.1) is 11.8 Å². The van der Waals surface area contributed by atoms with E-state index in [1.807, 2.05) is 13.8 Å². The highest BCUT2D eigenvalue weighted by Crippen LogP contribution is 2.54. The fraction of sp³-hybridized carbons (Fsp3) is 0.857. The maximum Gasteiger partial charge on any atom is 0.327 e. The van der Waals surface area contributed by atoms with Crippen molar-refractivity contribution in [3.8, 4) is 0 Å². The predicted octanol–water partition coefficient (Wildman–Crippen LogP) is 1.26. The molecule has 7 heteroatoms. The van der Waals surface area contributed by atoms with Gasteiger partial charge in [0, 0.05) is 11.9 Å². The first kappa shape index (κ1) is 16.6. The minimum Gasteiger partial charge on any atom is -0.480 e. The number of hydrogen-bond acceptors (Lipinski definition) is 5. The molecular formula is C14H24N2O4S. The van der Waals surface area contributed by atoms with Crippen LogP contribution in [-0.4, -0.2) is 57.4 Å². The maximum absolute atomic E-state index is 12.5. The SMILES string of the molecule is CCCCCN[C@@]1(OC)C(=O)N2[C@@H](C(=O)O)C(C)(C)S[C@@H]21. The lowest BCUT2D eigenvalue weighted by Gasteiger charge is -2.52. The first-order valence-corrected chi connectivity index (χ1v) is 8.23. The molecule has 120 valence electrons. The van der Waals surface area contributed by atoms with Gasteiger partial charge in [-0.1, -0.05) is 19.8 Å². The van der Waals surface area contributed by atoms with Gasteiger partial charge in [-0.05, 0) is 26.8 Å². The third kappa shape index (κ3) is 2.45. The number of unbranched alkanes of at least 4 members (excludes halogenated alkanes) is 2. The molecule has 2 fully saturated rings. The number of ether oxygens (including phenoxy) is 1. The Bertz CT molecular complexity index is 443. The molecule has 0 spiro atoms. The Morgan fingerprint density at radius 1 is 1.48 bits per heavy atom. The van der Waals surface area contributed by atoms with Gasteiger partial charge in [-0.25, -0.2) is 4.79 Å². The number of carbonyl (C=O) groups excluding carboxylic acids is 1. The molecule has 2 N–H and O–H groups in total. The van der Waals surface area contributed by atoms with Gasteiger partial charge in [0.1, 0.15) is 11.4 Å². The van der Waals surface area contributed by atoms with E-state index in [0.29, 0.717) is 6.54 Å².